The average molecular weight is 521 g/mol. The lowest BCUT2D eigenvalue weighted by atomic mass is 9.79. The molecule has 0 unspecified atom stereocenters. The molecule has 2 aromatic rings. The molecule has 2 aliphatic rings. The van der Waals surface area contributed by atoms with Crippen molar-refractivity contribution >= 4 is 28.6 Å². The lowest BCUT2D eigenvalue weighted by Gasteiger charge is -2.38. The fourth-order valence-electron chi connectivity index (χ4n) is 5.89. The van der Waals surface area contributed by atoms with Gasteiger partial charge in [-0.2, -0.15) is 11.8 Å². The molecule has 36 heavy (non-hydrogen) atoms. The summed E-state index contributed by atoms with van der Waals surface area (Å²) in [6, 6.07) is 5.06. The van der Waals surface area contributed by atoms with Gasteiger partial charge in [0.2, 0.25) is 0 Å². The monoisotopic (exact) mass is 520 g/mol. The van der Waals surface area contributed by atoms with E-state index in [0.29, 0.717) is 23.1 Å². The van der Waals surface area contributed by atoms with Gasteiger partial charge in [-0.25, -0.2) is 8.78 Å². The second kappa shape index (κ2) is 13.0. The average Bonchev–Trinajstić information content (AvgIpc) is 2.88. The lowest BCUT2D eigenvalue weighted by molar-refractivity contribution is -0.139. The van der Waals surface area contributed by atoms with Crippen molar-refractivity contribution in [3.05, 3.63) is 35.8 Å². The predicted molar refractivity (Wildman–Crippen MR) is 141 cm³/mol. The molecular formula is C28H38F2N2O3S. The lowest BCUT2D eigenvalue weighted by Crippen LogP contribution is -2.42. The van der Waals surface area contributed by atoms with Crippen LogP contribution in [0.1, 0.15) is 69.5 Å². The molecule has 0 spiro atoms. The van der Waals surface area contributed by atoms with Crippen LogP contribution in [0, 0.1) is 17.7 Å². The Morgan fingerprint density at radius 1 is 1.25 bits per heavy atom. The molecule has 1 saturated heterocycles. The number of hydrogen-bond donors (Lipinski definition) is 1. The number of piperidine rings is 1. The molecule has 1 N–H and O–H groups in total. The Kier molecular flexibility index (Phi) is 9.82. The summed E-state index contributed by atoms with van der Waals surface area (Å²) in [5, 5.41) is 10.7. The second-order valence-electron chi connectivity index (χ2n) is 10.3. The molecule has 3 atom stereocenters. The van der Waals surface area contributed by atoms with Crippen LogP contribution in [0.4, 0.5) is 8.78 Å². The molecule has 1 aliphatic carbocycles. The van der Waals surface area contributed by atoms with Crippen molar-refractivity contribution in [2.75, 3.05) is 32.5 Å². The summed E-state index contributed by atoms with van der Waals surface area (Å²) in [5.74, 6) is 0.252. The summed E-state index contributed by atoms with van der Waals surface area (Å²) in [7, 11) is 1.52. The quantitative estimate of drug-likeness (QED) is 0.358. The van der Waals surface area contributed by atoms with Crippen LogP contribution in [0.3, 0.4) is 0 Å². The first-order valence-electron chi connectivity index (χ1n) is 13.3. The van der Waals surface area contributed by atoms with Gasteiger partial charge in [-0.3, -0.25) is 9.78 Å². The minimum atomic E-state index is -1.49. The van der Waals surface area contributed by atoms with Gasteiger partial charge in [-0.15, -0.1) is 0 Å². The van der Waals surface area contributed by atoms with E-state index in [9.17, 15) is 14.3 Å². The Labute approximate surface area is 217 Å². The second-order valence-corrected chi connectivity index (χ2v) is 11.7. The number of halogens is 2. The highest BCUT2D eigenvalue weighted by Gasteiger charge is 2.32. The van der Waals surface area contributed by atoms with E-state index in [0.717, 1.165) is 43.3 Å². The third-order valence-electron chi connectivity index (χ3n) is 7.90. The van der Waals surface area contributed by atoms with Crippen LogP contribution in [-0.4, -0.2) is 58.7 Å². The summed E-state index contributed by atoms with van der Waals surface area (Å²) in [4.78, 5) is 18.1. The van der Waals surface area contributed by atoms with Gasteiger partial charge in [0, 0.05) is 41.5 Å². The Balaban J connectivity index is 1.35. The number of aliphatic carboxylic acids is 1. The predicted octanol–water partition coefficient (Wildman–Crippen LogP) is 6.65. The summed E-state index contributed by atoms with van der Waals surface area (Å²) in [6.45, 7) is 2.63. The smallest absolute Gasteiger partial charge is 0.303 e. The normalized spacial score (nSPS) is 22.5. The van der Waals surface area contributed by atoms with Gasteiger partial charge >= 0.3 is 5.97 Å². The van der Waals surface area contributed by atoms with Crippen molar-refractivity contribution in [2.45, 2.75) is 69.2 Å². The molecule has 1 aromatic carbocycles. The number of carboxylic acid groups (broad SMARTS) is 1. The van der Waals surface area contributed by atoms with Gasteiger partial charge in [0.15, 0.2) is 0 Å². The number of ether oxygens (including phenoxy) is 1. The number of carbonyl (C=O) groups is 1. The summed E-state index contributed by atoms with van der Waals surface area (Å²) in [6.07, 6.45) is 7.91. The molecule has 0 radical (unpaired) electrons. The zero-order chi connectivity index (χ0) is 25.5. The van der Waals surface area contributed by atoms with E-state index < -0.39 is 18.0 Å². The van der Waals surface area contributed by atoms with E-state index in [1.807, 2.05) is 0 Å². The Morgan fingerprint density at radius 2 is 2.06 bits per heavy atom. The molecule has 1 saturated carbocycles. The van der Waals surface area contributed by atoms with Gasteiger partial charge in [-0.05, 0) is 68.7 Å². The van der Waals surface area contributed by atoms with E-state index >= 15 is 4.39 Å². The third kappa shape index (κ3) is 7.09. The Bertz CT molecular complexity index is 1020. The number of benzene rings is 1. The van der Waals surface area contributed by atoms with Gasteiger partial charge in [0.05, 0.1) is 18.8 Å². The molecule has 1 aliphatic heterocycles. The molecule has 0 amide bonds. The molecule has 0 bridgehead atoms. The van der Waals surface area contributed by atoms with Crippen LogP contribution in [-0.2, 0) is 4.79 Å². The fourth-order valence-corrected chi connectivity index (χ4v) is 7.26. The van der Waals surface area contributed by atoms with E-state index in [-0.39, 0.29) is 30.2 Å². The molecular weight excluding hydrogens is 482 g/mol. The molecule has 5 nitrogen and oxygen atoms in total. The van der Waals surface area contributed by atoms with Crippen molar-refractivity contribution < 1.29 is 23.4 Å². The van der Waals surface area contributed by atoms with Crippen molar-refractivity contribution in [1.82, 2.24) is 9.88 Å². The maximum Gasteiger partial charge on any atom is 0.303 e. The maximum absolute atomic E-state index is 15.5. The van der Waals surface area contributed by atoms with E-state index in [4.69, 9.17) is 4.74 Å². The van der Waals surface area contributed by atoms with Gasteiger partial charge in [0.25, 0.3) is 0 Å². The SMILES string of the molecule is COc1ccc2ncc(F)c([C@@H](F)CC[C@@H]3CCN(CCSC4CCCCC4)C[C@H]3CC(=O)O)c2c1. The highest BCUT2D eigenvalue weighted by Crippen LogP contribution is 2.37. The molecule has 2 fully saturated rings. The van der Waals surface area contributed by atoms with Crippen molar-refractivity contribution in [1.29, 1.82) is 0 Å². The molecule has 198 valence electrons. The van der Waals surface area contributed by atoms with Gasteiger partial charge in [-0.1, -0.05) is 19.3 Å². The fraction of sp³-hybridized carbons (Fsp3) is 0.643. The van der Waals surface area contributed by atoms with E-state index in [1.54, 1.807) is 18.2 Å². The number of aromatic nitrogens is 1. The molecule has 1 aromatic heterocycles. The van der Waals surface area contributed by atoms with E-state index in [1.165, 1.54) is 39.2 Å². The molecule has 2 heterocycles. The van der Waals surface area contributed by atoms with Gasteiger partial charge in [0.1, 0.15) is 17.7 Å². The molecule has 4 rings (SSSR count). The maximum atomic E-state index is 15.5. The van der Waals surface area contributed by atoms with Crippen LogP contribution in [0.5, 0.6) is 5.75 Å². The van der Waals surface area contributed by atoms with E-state index in [2.05, 4.69) is 21.6 Å². The number of carboxylic acids is 1. The standard InChI is InChI=1S/C28H38F2N2O3S/c1-35-21-8-10-26-23(16-21)28(25(30)17-31-26)24(29)9-7-19-11-12-32(18-20(19)15-27(33)34)13-14-36-22-5-3-2-4-6-22/h8,10,16-17,19-20,22,24H,2-7,9,11-15,18H2,1H3,(H,33,34)/t19-,20-,24+/m1/s1. The first-order valence-corrected chi connectivity index (χ1v) is 14.3. The van der Waals surface area contributed by atoms with Crippen LogP contribution in [0.2, 0.25) is 0 Å². The number of nitrogens with zero attached hydrogens (tertiary/aromatic N) is 2. The van der Waals surface area contributed by atoms with Crippen molar-refractivity contribution in [2.24, 2.45) is 11.8 Å². The molecule has 8 heteroatoms. The topological polar surface area (TPSA) is 62.7 Å². The highest BCUT2D eigenvalue weighted by atomic mass is 32.2. The zero-order valence-corrected chi connectivity index (χ0v) is 22.0. The number of alkyl halides is 1. The van der Waals surface area contributed by atoms with Crippen molar-refractivity contribution in [3.8, 4) is 5.75 Å². The number of thioether (sulfide) groups is 1. The first-order chi connectivity index (χ1) is 17.4. The Morgan fingerprint density at radius 3 is 2.81 bits per heavy atom. The summed E-state index contributed by atoms with van der Waals surface area (Å²) >= 11 is 2.07. The minimum absolute atomic E-state index is 0.0118. The number of rotatable bonds is 11. The Hall–Kier alpha value is -1.93. The first kappa shape index (κ1) is 27.1. The number of pyridine rings is 1. The zero-order valence-electron chi connectivity index (χ0n) is 21.1. The van der Waals surface area contributed by atoms with Crippen LogP contribution in [0.25, 0.3) is 10.9 Å². The van der Waals surface area contributed by atoms with Crippen LogP contribution in [0.15, 0.2) is 24.4 Å². The highest BCUT2D eigenvalue weighted by molar-refractivity contribution is 7.99. The number of fused-ring (bicyclic) bond motifs is 1. The number of hydrogen-bond acceptors (Lipinski definition) is 5. The van der Waals surface area contributed by atoms with Crippen LogP contribution < -0.4 is 4.74 Å². The number of methoxy groups -OCH3 is 1. The van der Waals surface area contributed by atoms with Crippen molar-refractivity contribution in [3.63, 3.8) is 0 Å². The summed E-state index contributed by atoms with van der Waals surface area (Å²) < 4.78 is 35.4. The number of likely N-dealkylation sites (tertiary alicyclic amines) is 1. The largest absolute Gasteiger partial charge is 0.497 e. The van der Waals surface area contributed by atoms with Gasteiger partial charge < -0.3 is 14.7 Å². The minimum Gasteiger partial charge on any atom is -0.497 e. The third-order valence-corrected chi connectivity index (χ3v) is 9.26. The van der Waals surface area contributed by atoms with Crippen LogP contribution >= 0.6 is 11.8 Å². The summed E-state index contributed by atoms with van der Waals surface area (Å²) in [5.41, 5.74) is 0.545.